The number of sulfone groups is 1. The maximum Gasteiger partial charge on any atom is 0.258 e. The van der Waals surface area contributed by atoms with Crippen LogP contribution < -0.4 is 5.73 Å². The first-order chi connectivity index (χ1) is 12.5. The Morgan fingerprint density at radius 3 is 2.48 bits per heavy atom. The summed E-state index contributed by atoms with van der Waals surface area (Å²) in [5.41, 5.74) is 7.09. The Balaban J connectivity index is 0.00000210. The van der Waals surface area contributed by atoms with Crippen molar-refractivity contribution in [2.45, 2.75) is 35.4 Å². The monoisotopic (exact) mass is 405 g/mol. The molecule has 6 nitrogen and oxygen atoms in total. The van der Waals surface area contributed by atoms with Crippen LogP contribution in [0.4, 0.5) is 0 Å². The summed E-state index contributed by atoms with van der Waals surface area (Å²) in [5, 5.41) is 4.01. The average Bonchev–Trinajstić information content (AvgIpc) is 3.11. The molecule has 0 spiro atoms. The normalized spacial score (nSPS) is 15.6. The van der Waals surface area contributed by atoms with Crippen molar-refractivity contribution < 1.29 is 12.9 Å². The van der Waals surface area contributed by atoms with Crippen LogP contribution in [-0.2, 0) is 21.1 Å². The van der Waals surface area contributed by atoms with Gasteiger partial charge in [-0.15, -0.1) is 12.4 Å². The Bertz CT molecular complexity index is 1030. The van der Waals surface area contributed by atoms with E-state index in [-0.39, 0.29) is 18.2 Å². The second-order valence-corrected chi connectivity index (χ2v) is 8.69. The number of aromatic nitrogens is 2. The molecule has 1 heterocycles. The van der Waals surface area contributed by atoms with Gasteiger partial charge < -0.3 is 10.3 Å². The van der Waals surface area contributed by atoms with E-state index in [0.29, 0.717) is 27.7 Å². The summed E-state index contributed by atoms with van der Waals surface area (Å²) in [6, 6.07) is 15.6. The first-order valence-corrected chi connectivity index (χ1v) is 10.1. The molecular weight excluding hydrogens is 386 g/mol. The first kappa shape index (κ1) is 19.5. The summed E-state index contributed by atoms with van der Waals surface area (Å²) >= 11 is 0. The highest BCUT2D eigenvalue weighted by Gasteiger charge is 2.39. The Kier molecular flexibility index (Phi) is 5.37. The third-order valence-corrected chi connectivity index (χ3v) is 6.45. The molecule has 8 heteroatoms. The number of benzene rings is 2. The van der Waals surface area contributed by atoms with Crippen LogP contribution in [0.15, 0.2) is 64.0 Å². The number of nitrogens with zero attached hydrogens (tertiary/aromatic N) is 2. The van der Waals surface area contributed by atoms with E-state index in [1.54, 1.807) is 48.5 Å². The zero-order valence-electron chi connectivity index (χ0n) is 14.5. The van der Waals surface area contributed by atoms with Crippen molar-refractivity contribution in [2.75, 3.05) is 0 Å². The van der Waals surface area contributed by atoms with Crippen LogP contribution >= 0.6 is 12.4 Å². The van der Waals surface area contributed by atoms with E-state index in [4.69, 9.17) is 10.3 Å². The fraction of sp³-hybridized carbons (Fsp3) is 0.263. The summed E-state index contributed by atoms with van der Waals surface area (Å²) in [6.45, 7) is 0. The lowest BCUT2D eigenvalue weighted by molar-refractivity contribution is 0.229. The van der Waals surface area contributed by atoms with E-state index >= 15 is 0 Å². The minimum atomic E-state index is -3.41. The van der Waals surface area contributed by atoms with Gasteiger partial charge >= 0.3 is 0 Å². The van der Waals surface area contributed by atoms with Crippen molar-refractivity contribution in [1.82, 2.24) is 10.1 Å². The Hall–Kier alpha value is -2.22. The Morgan fingerprint density at radius 1 is 1.07 bits per heavy atom. The minimum Gasteiger partial charge on any atom is -0.334 e. The molecule has 0 amide bonds. The smallest absolute Gasteiger partial charge is 0.258 e. The number of hydrogen-bond acceptors (Lipinski definition) is 6. The molecule has 1 aliphatic rings. The van der Waals surface area contributed by atoms with E-state index in [0.717, 1.165) is 19.3 Å². The fourth-order valence-corrected chi connectivity index (χ4v) is 4.41. The minimum absolute atomic E-state index is 0. The van der Waals surface area contributed by atoms with E-state index in [9.17, 15) is 8.42 Å². The summed E-state index contributed by atoms with van der Waals surface area (Å²) in [6.07, 6.45) is 2.76. The summed E-state index contributed by atoms with van der Waals surface area (Å²) < 4.78 is 30.5. The van der Waals surface area contributed by atoms with Crippen LogP contribution in [-0.4, -0.2) is 18.6 Å². The highest BCUT2D eigenvalue weighted by Crippen LogP contribution is 2.37. The molecule has 0 radical (unpaired) electrons. The molecule has 0 atom stereocenters. The van der Waals surface area contributed by atoms with Crippen molar-refractivity contribution in [3.8, 4) is 11.5 Å². The van der Waals surface area contributed by atoms with Crippen molar-refractivity contribution in [2.24, 2.45) is 5.73 Å². The third kappa shape index (κ3) is 3.90. The third-order valence-electron chi connectivity index (χ3n) is 4.75. The van der Waals surface area contributed by atoms with Gasteiger partial charge in [-0.1, -0.05) is 35.5 Å². The first-order valence-electron chi connectivity index (χ1n) is 8.47. The van der Waals surface area contributed by atoms with Crippen LogP contribution in [0.3, 0.4) is 0 Å². The lowest BCUT2D eigenvalue weighted by atomic mass is 9.77. The van der Waals surface area contributed by atoms with Gasteiger partial charge in [0.15, 0.2) is 15.7 Å². The van der Waals surface area contributed by atoms with Gasteiger partial charge in [-0.25, -0.2) is 8.42 Å². The average molecular weight is 406 g/mol. The lowest BCUT2D eigenvalue weighted by Crippen LogP contribution is -2.44. The van der Waals surface area contributed by atoms with E-state index < -0.39 is 15.4 Å². The van der Waals surface area contributed by atoms with Gasteiger partial charge in [0.05, 0.1) is 16.2 Å². The molecular formula is C19H20ClN3O3S. The topological polar surface area (TPSA) is 99.1 Å². The zero-order chi connectivity index (χ0) is 18.2. The molecule has 0 aliphatic heterocycles. The number of rotatable bonds is 5. The van der Waals surface area contributed by atoms with Crippen LogP contribution in [0, 0.1) is 0 Å². The van der Waals surface area contributed by atoms with Gasteiger partial charge in [0, 0.05) is 5.56 Å². The molecule has 0 bridgehead atoms. The molecule has 1 aromatic heterocycles. The van der Waals surface area contributed by atoms with Crippen LogP contribution in [0.1, 0.15) is 30.7 Å². The van der Waals surface area contributed by atoms with Gasteiger partial charge in [0.2, 0.25) is 0 Å². The molecule has 1 aliphatic carbocycles. The molecule has 2 N–H and O–H groups in total. The zero-order valence-corrected chi connectivity index (χ0v) is 16.2. The van der Waals surface area contributed by atoms with E-state index in [2.05, 4.69) is 10.1 Å². The second kappa shape index (κ2) is 7.42. The van der Waals surface area contributed by atoms with Crippen molar-refractivity contribution in [3.05, 3.63) is 66.0 Å². The molecule has 142 valence electrons. The van der Waals surface area contributed by atoms with Gasteiger partial charge in [-0.05, 0) is 49.1 Å². The molecule has 0 saturated heterocycles. The predicted molar refractivity (Wildman–Crippen MR) is 104 cm³/mol. The van der Waals surface area contributed by atoms with Gasteiger partial charge in [0.1, 0.15) is 0 Å². The lowest BCUT2D eigenvalue weighted by Gasteiger charge is -2.34. The number of nitrogens with two attached hydrogens (primary N) is 1. The number of hydrogen-bond donors (Lipinski definition) is 1. The van der Waals surface area contributed by atoms with E-state index in [1.165, 1.54) is 0 Å². The Labute approximate surface area is 164 Å². The molecule has 0 unspecified atom stereocenters. The van der Waals surface area contributed by atoms with Gasteiger partial charge in [0.25, 0.3) is 5.89 Å². The standard InChI is InChI=1S/C19H19N3O3S.ClH/c20-19(10-5-11-19)18-21-17(25-22-18)15-7-4-6-14(12-15)13-26(23,24)16-8-2-1-3-9-16;/h1-4,6-9,12H,5,10-11,13,20H2;1H. The largest absolute Gasteiger partial charge is 0.334 e. The van der Waals surface area contributed by atoms with Gasteiger partial charge in [-0.3, -0.25) is 0 Å². The number of halogens is 1. The highest BCUT2D eigenvalue weighted by atomic mass is 35.5. The predicted octanol–water partition coefficient (Wildman–Crippen LogP) is 3.47. The Morgan fingerprint density at radius 2 is 1.81 bits per heavy atom. The molecule has 2 aromatic carbocycles. The van der Waals surface area contributed by atoms with Crippen LogP contribution in [0.25, 0.3) is 11.5 Å². The second-order valence-electron chi connectivity index (χ2n) is 6.71. The molecule has 1 saturated carbocycles. The molecule has 27 heavy (non-hydrogen) atoms. The highest BCUT2D eigenvalue weighted by molar-refractivity contribution is 7.90. The maximum atomic E-state index is 12.6. The van der Waals surface area contributed by atoms with Gasteiger partial charge in [-0.2, -0.15) is 4.98 Å². The van der Waals surface area contributed by atoms with E-state index in [1.807, 2.05) is 6.07 Å². The SMILES string of the molecule is Cl.NC1(c2noc(-c3cccc(CS(=O)(=O)c4ccccc4)c3)n2)CCC1. The molecule has 4 rings (SSSR count). The van der Waals surface area contributed by atoms with Crippen LogP contribution in [0.2, 0.25) is 0 Å². The van der Waals surface area contributed by atoms with Crippen molar-refractivity contribution in [3.63, 3.8) is 0 Å². The summed E-state index contributed by atoms with van der Waals surface area (Å²) in [4.78, 5) is 4.72. The fourth-order valence-electron chi connectivity index (χ4n) is 3.05. The van der Waals surface area contributed by atoms with Crippen molar-refractivity contribution in [1.29, 1.82) is 0 Å². The summed E-state index contributed by atoms with van der Waals surface area (Å²) in [7, 11) is -3.41. The summed E-state index contributed by atoms with van der Waals surface area (Å²) in [5.74, 6) is 0.781. The van der Waals surface area contributed by atoms with Crippen molar-refractivity contribution >= 4 is 22.2 Å². The quantitative estimate of drug-likeness (QED) is 0.697. The molecule has 3 aromatic rings. The molecule has 1 fully saturated rings. The van der Waals surface area contributed by atoms with Crippen LogP contribution in [0.5, 0.6) is 0 Å². The maximum absolute atomic E-state index is 12.6.